The second kappa shape index (κ2) is 6.84. The number of rotatable bonds is 6. The number of halogens is 1. The van der Waals surface area contributed by atoms with Crippen LogP contribution in [0.15, 0.2) is 0 Å². The van der Waals surface area contributed by atoms with Gasteiger partial charge in [0.25, 0.3) is 0 Å². The molecule has 0 aromatic carbocycles. The van der Waals surface area contributed by atoms with Gasteiger partial charge in [-0.1, -0.05) is 29.8 Å². The van der Waals surface area contributed by atoms with Crippen LogP contribution in [0.25, 0.3) is 0 Å². The molecular formula is C12H25BrO. The average Bonchev–Trinajstić information content (AvgIpc) is 1.95. The van der Waals surface area contributed by atoms with Gasteiger partial charge in [-0.2, -0.15) is 0 Å². The summed E-state index contributed by atoms with van der Waals surface area (Å²) in [5.74, 6) is 0.780. The van der Waals surface area contributed by atoms with Crippen LogP contribution in [-0.4, -0.2) is 17.0 Å². The zero-order valence-corrected chi connectivity index (χ0v) is 11.9. The van der Waals surface area contributed by atoms with E-state index in [2.05, 4.69) is 50.5 Å². The summed E-state index contributed by atoms with van der Waals surface area (Å²) in [7, 11) is 0. The Labute approximate surface area is 97.7 Å². The lowest BCUT2D eigenvalue weighted by Crippen LogP contribution is -2.20. The van der Waals surface area contributed by atoms with Crippen molar-refractivity contribution in [2.75, 3.05) is 6.61 Å². The van der Waals surface area contributed by atoms with Crippen molar-refractivity contribution in [1.82, 2.24) is 0 Å². The summed E-state index contributed by atoms with van der Waals surface area (Å²) in [5, 5.41) is 0. The number of hydrogen-bond donors (Lipinski definition) is 0. The van der Waals surface area contributed by atoms with Crippen molar-refractivity contribution in [3.8, 4) is 0 Å². The van der Waals surface area contributed by atoms with Crippen LogP contribution in [0.2, 0.25) is 0 Å². The molecule has 0 aromatic rings. The normalized spacial score (nSPS) is 14.8. The van der Waals surface area contributed by atoms with Crippen LogP contribution in [-0.2, 0) is 4.74 Å². The van der Waals surface area contributed by atoms with E-state index in [1.165, 1.54) is 12.8 Å². The summed E-state index contributed by atoms with van der Waals surface area (Å²) in [4.78, 5) is 0.658. The topological polar surface area (TPSA) is 9.23 Å². The minimum Gasteiger partial charge on any atom is -0.376 e. The van der Waals surface area contributed by atoms with Crippen molar-refractivity contribution in [2.24, 2.45) is 5.92 Å². The molecule has 0 N–H and O–H groups in total. The molecule has 0 radical (unpaired) electrons. The Morgan fingerprint density at radius 2 is 1.79 bits per heavy atom. The largest absolute Gasteiger partial charge is 0.376 e. The molecule has 1 atom stereocenters. The van der Waals surface area contributed by atoms with Crippen LogP contribution in [0, 0.1) is 5.92 Å². The standard InChI is InChI=1S/C12H25BrO/c1-10(2)9-11(13)7-6-8-14-12(3,4)5/h10-11H,6-9H2,1-5H3. The third-order valence-corrected chi connectivity index (χ3v) is 2.76. The molecule has 86 valence electrons. The van der Waals surface area contributed by atoms with Crippen LogP contribution in [0.3, 0.4) is 0 Å². The van der Waals surface area contributed by atoms with Crippen LogP contribution < -0.4 is 0 Å². The summed E-state index contributed by atoms with van der Waals surface area (Å²) in [5.41, 5.74) is 0.0137. The van der Waals surface area contributed by atoms with E-state index in [9.17, 15) is 0 Å². The maximum atomic E-state index is 5.66. The summed E-state index contributed by atoms with van der Waals surface area (Å²) < 4.78 is 5.66. The fourth-order valence-electron chi connectivity index (χ4n) is 1.31. The summed E-state index contributed by atoms with van der Waals surface area (Å²) in [6.45, 7) is 11.7. The van der Waals surface area contributed by atoms with E-state index in [-0.39, 0.29) is 5.60 Å². The second-order valence-corrected chi connectivity index (χ2v) is 6.62. The molecular weight excluding hydrogens is 240 g/mol. The molecule has 1 nitrogen and oxygen atoms in total. The molecule has 0 heterocycles. The van der Waals surface area contributed by atoms with E-state index in [0.29, 0.717) is 4.83 Å². The van der Waals surface area contributed by atoms with E-state index in [1.807, 2.05) is 0 Å². The lowest BCUT2D eigenvalue weighted by Gasteiger charge is -2.20. The maximum Gasteiger partial charge on any atom is 0.0598 e. The van der Waals surface area contributed by atoms with Gasteiger partial charge in [-0.3, -0.25) is 0 Å². The monoisotopic (exact) mass is 264 g/mol. The Morgan fingerprint density at radius 1 is 1.21 bits per heavy atom. The molecule has 0 aromatic heterocycles. The van der Waals surface area contributed by atoms with Gasteiger partial charge in [0.1, 0.15) is 0 Å². The van der Waals surface area contributed by atoms with Gasteiger partial charge in [-0.25, -0.2) is 0 Å². The van der Waals surface area contributed by atoms with Crippen molar-refractivity contribution in [1.29, 1.82) is 0 Å². The zero-order chi connectivity index (χ0) is 11.2. The smallest absolute Gasteiger partial charge is 0.0598 e. The van der Waals surface area contributed by atoms with Crippen molar-refractivity contribution < 1.29 is 4.74 Å². The summed E-state index contributed by atoms with van der Waals surface area (Å²) in [6, 6.07) is 0. The molecule has 0 spiro atoms. The van der Waals surface area contributed by atoms with Gasteiger partial charge in [0, 0.05) is 11.4 Å². The van der Waals surface area contributed by atoms with Crippen LogP contribution in [0.5, 0.6) is 0 Å². The lowest BCUT2D eigenvalue weighted by molar-refractivity contribution is -0.00463. The van der Waals surface area contributed by atoms with E-state index >= 15 is 0 Å². The first-order valence-corrected chi connectivity index (χ1v) is 6.51. The fraction of sp³-hybridized carbons (Fsp3) is 1.00. The molecule has 0 aliphatic rings. The van der Waals surface area contributed by atoms with E-state index in [0.717, 1.165) is 18.9 Å². The molecule has 0 bridgehead atoms. The number of ether oxygens (including phenoxy) is 1. The third kappa shape index (κ3) is 10.5. The highest BCUT2D eigenvalue weighted by atomic mass is 79.9. The maximum absolute atomic E-state index is 5.66. The lowest BCUT2D eigenvalue weighted by atomic mass is 10.1. The SMILES string of the molecule is CC(C)CC(Br)CCCOC(C)(C)C. The third-order valence-electron chi connectivity index (χ3n) is 1.92. The van der Waals surface area contributed by atoms with Crippen LogP contribution >= 0.6 is 15.9 Å². The highest BCUT2D eigenvalue weighted by Gasteiger charge is 2.10. The van der Waals surface area contributed by atoms with Crippen molar-refractivity contribution in [3.05, 3.63) is 0 Å². The minimum absolute atomic E-state index is 0.0137. The van der Waals surface area contributed by atoms with Gasteiger partial charge in [-0.15, -0.1) is 0 Å². The first kappa shape index (κ1) is 14.4. The number of hydrogen-bond acceptors (Lipinski definition) is 1. The summed E-state index contributed by atoms with van der Waals surface area (Å²) >= 11 is 3.70. The summed E-state index contributed by atoms with van der Waals surface area (Å²) in [6.07, 6.45) is 3.63. The first-order valence-electron chi connectivity index (χ1n) is 5.59. The Morgan fingerprint density at radius 3 is 2.21 bits per heavy atom. The molecule has 0 aliphatic carbocycles. The van der Waals surface area contributed by atoms with E-state index in [4.69, 9.17) is 4.74 Å². The Balaban J connectivity index is 3.36. The van der Waals surface area contributed by atoms with Gasteiger partial charge in [0.2, 0.25) is 0 Å². The Bertz CT molecular complexity index is 138. The van der Waals surface area contributed by atoms with Gasteiger partial charge in [0.15, 0.2) is 0 Å². The van der Waals surface area contributed by atoms with Gasteiger partial charge in [-0.05, 0) is 46.0 Å². The Kier molecular flexibility index (Phi) is 7.05. The van der Waals surface area contributed by atoms with Crippen molar-refractivity contribution in [2.45, 2.75) is 64.3 Å². The van der Waals surface area contributed by atoms with E-state index in [1.54, 1.807) is 0 Å². The fourth-order valence-corrected chi connectivity index (χ4v) is 2.38. The molecule has 14 heavy (non-hydrogen) atoms. The molecule has 0 amide bonds. The van der Waals surface area contributed by atoms with Crippen LogP contribution in [0.1, 0.15) is 53.9 Å². The predicted octanol–water partition coefficient (Wildman–Crippen LogP) is 4.39. The zero-order valence-electron chi connectivity index (χ0n) is 10.3. The highest BCUT2D eigenvalue weighted by molar-refractivity contribution is 9.09. The molecule has 0 fully saturated rings. The van der Waals surface area contributed by atoms with E-state index < -0.39 is 0 Å². The molecule has 1 unspecified atom stereocenters. The van der Waals surface area contributed by atoms with Crippen molar-refractivity contribution >= 4 is 15.9 Å². The van der Waals surface area contributed by atoms with Crippen LogP contribution in [0.4, 0.5) is 0 Å². The molecule has 0 aliphatic heterocycles. The quantitative estimate of drug-likeness (QED) is 0.511. The minimum atomic E-state index is 0.0137. The highest BCUT2D eigenvalue weighted by Crippen LogP contribution is 2.18. The Hall–Kier alpha value is 0.440. The first-order chi connectivity index (χ1) is 6.31. The van der Waals surface area contributed by atoms with Crippen molar-refractivity contribution in [3.63, 3.8) is 0 Å². The van der Waals surface area contributed by atoms with Gasteiger partial charge < -0.3 is 4.74 Å². The number of alkyl halides is 1. The van der Waals surface area contributed by atoms with Gasteiger partial charge >= 0.3 is 0 Å². The molecule has 2 heteroatoms. The second-order valence-electron chi connectivity index (χ2n) is 5.33. The predicted molar refractivity (Wildman–Crippen MR) is 67.1 cm³/mol. The molecule has 0 saturated heterocycles. The molecule has 0 saturated carbocycles. The van der Waals surface area contributed by atoms with Gasteiger partial charge in [0.05, 0.1) is 5.60 Å². The molecule has 0 rings (SSSR count). The average molecular weight is 265 g/mol.